The Kier molecular flexibility index (Phi) is 3.99. The van der Waals surface area contributed by atoms with Crippen LogP contribution >= 0.6 is 0 Å². The molecule has 2 nitrogen and oxygen atoms in total. The highest BCUT2D eigenvalue weighted by Crippen LogP contribution is 2.26. The molecule has 1 aromatic carbocycles. The van der Waals surface area contributed by atoms with Crippen molar-refractivity contribution in [3.63, 3.8) is 0 Å². The number of hydrogen-bond acceptors (Lipinski definition) is 2. The highest BCUT2D eigenvalue weighted by atomic mass is 19.1. The van der Waals surface area contributed by atoms with Crippen molar-refractivity contribution in [1.29, 1.82) is 0 Å². The lowest BCUT2D eigenvalue weighted by molar-refractivity contribution is 0.158. The Labute approximate surface area is 94.3 Å². The molecule has 0 aromatic heterocycles. The Morgan fingerprint density at radius 3 is 2.19 bits per heavy atom. The summed E-state index contributed by atoms with van der Waals surface area (Å²) in [5, 5.41) is 12.3. The van der Waals surface area contributed by atoms with Gasteiger partial charge in [-0.25, -0.2) is 8.78 Å². The van der Waals surface area contributed by atoms with Gasteiger partial charge in [-0.15, -0.1) is 0 Å². The Morgan fingerprint density at radius 1 is 1.31 bits per heavy atom. The fraction of sp³-hybridized carbons (Fsp3) is 0.500. The average molecular weight is 229 g/mol. The molecule has 1 rings (SSSR count). The Bertz CT molecular complexity index is 348. The summed E-state index contributed by atoms with van der Waals surface area (Å²) >= 11 is 0. The summed E-state index contributed by atoms with van der Waals surface area (Å²) in [6.07, 6.45) is 0. The summed E-state index contributed by atoms with van der Waals surface area (Å²) in [4.78, 5) is 0. The lowest BCUT2D eigenvalue weighted by Gasteiger charge is -2.32. The molecular weight excluding hydrogens is 212 g/mol. The summed E-state index contributed by atoms with van der Waals surface area (Å²) in [6.45, 7) is 4.91. The normalized spacial score (nSPS) is 15.2. The molecule has 1 unspecified atom stereocenters. The van der Waals surface area contributed by atoms with Crippen molar-refractivity contribution in [3.8, 4) is 0 Å². The highest BCUT2D eigenvalue weighted by molar-refractivity contribution is 5.27. The van der Waals surface area contributed by atoms with Crippen LogP contribution in [0.2, 0.25) is 0 Å². The van der Waals surface area contributed by atoms with Gasteiger partial charge in [0.15, 0.2) is 0 Å². The number of benzene rings is 1. The molecule has 90 valence electrons. The van der Waals surface area contributed by atoms with E-state index >= 15 is 0 Å². The molecule has 0 saturated heterocycles. The number of aliphatic hydroxyl groups is 1. The monoisotopic (exact) mass is 229 g/mol. The van der Waals surface area contributed by atoms with Crippen LogP contribution in [0.3, 0.4) is 0 Å². The molecule has 0 saturated carbocycles. The Morgan fingerprint density at radius 2 is 1.81 bits per heavy atom. The van der Waals surface area contributed by atoms with Gasteiger partial charge >= 0.3 is 0 Å². The van der Waals surface area contributed by atoms with Gasteiger partial charge in [-0.2, -0.15) is 0 Å². The molecule has 0 spiro atoms. The third kappa shape index (κ3) is 2.57. The smallest absolute Gasteiger partial charge is 0.131 e. The standard InChI is InChI=1S/C12H17F2NO/c1-8(2)15-12(3,7-16)11-9(13)5-4-6-10(11)14/h4-6,8,15-16H,7H2,1-3H3. The molecule has 1 atom stereocenters. The summed E-state index contributed by atoms with van der Waals surface area (Å²) in [7, 11) is 0. The molecule has 0 aliphatic heterocycles. The molecule has 0 radical (unpaired) electrons. The molecule has 0 fully saturated rings. The van der Waals surface area contributed by atoms with Crippen molar-refractivity contribution in [2.24, 2.45) is 0 Å². The topological polar surface area (TPSA) is 32.3 Å². The van der Waals surface area contributed by atoms with E-state index in [1.807, 2.05) is 13.8 Å². The average Bonchev–Trinajstić information content (AvgIpc) is 2.16. The molecule has 2 N–H and O–H groups in total. The first-order valence-electron chi connectivity index (χ1n) is 5.24. The van der Waals surface area contributed by atoms with Crippen molar-refractivity contribution >= 4 is 0 Å². The number of halogens is 2. The third-order valence-electron chi connectivity index (χ3n) is 2.44. The van der Waals surface area contributed by atoms with E-state index in [2.05, 4.69) is 5.32 Å². The van der Waals surface area contributed by atoms with E-state index in [4.69, 9.17) is 0 Å². The lowest BCUT2D eigenvalue weighted by atomic mass is 9.91. The van der Waals surface area contributed by atoms with Crippen LogP contribution in [0, 0.1) is 11.6 Å². The Hall–Kier alpha value is -1.00. The van der Waals surface area contributed by atoms with Gasteiger partial charge in [-0.1, -0.05) is 6.07 Å². The zero-order valence-electron chi connectivity index (χ0n) is 9.72. The van der Waals surface area contributed by atoms with Crippen molar-refractivity contribution < 1.29 is 13.9 Å². The van der Waals surface area contributed by atoms with Gasteiger partial charge in [0.2, 0.25) is 0 Å². The van der Waals surface area contributed by atoms with E-state index < -0.39 is 17.2 Å². The zero-order chi connectivity index (χ0) is 12.3. The van der Waals surface area contributed by atoms with Gasteiger partial charge in [-0.3, -0.25) is 0 Å². The molecule has 0 heterocycles. The van der Waals surface area contributed by atoms with E-state index in [0.29, 0.717) is 0 Å². The fourth-order valence-corrected chi connectivity index (χ4v) is 1.86. The van der Waals surface area contributed by atoms with Crippen molar-refractivity contribution in [2.45, 2.75) is 32.4 Å². The number of hydrogen-bond donors (Lipinski definition) is 2. The predicted octanol–water partition coefficient (Wildman–Crippen LogP) is 2.17. The molecule has 0 amide bonds. The zero-order valence-corrected chi connectivity index (χ0v) is 9.72. The van der Waals surface area contributed by atoms with Crippen LogP contribution in [0.15, 0.2) is 18.2 Å². The second-order valence-corrected chi connectivity index (χ2v) is 4.39. The minimum absolute atomic E-state index is 0.0103. The fourth-order valence-electron chi connectivity index (χ4n) is 1.86. The van der Waals surface area contributed by atoms with Gasteiger partial charge in [0.05, 0.1) is 12.1 Å². The van der Waals surface area contributed by atoms with Crippen LogP contribution < -0.4 is 5.32 Å². The maximum Gasteiger partial charge on any atom is 0.131 e. The first-order chi connectivity index (χ1) is 7.40. The number of rotatable bonds is 4. The second kappa shape index (κ2) is 4.89. The largest absolute Gasteiger partial charge is 0.394 e. The quantitative estimate of drug-likeness (QED) is 0.829. The van der Waals surface area contributed by atoms with E-state index in [0.717, 1.165) is 0 Å². The van der Waals surface area contributed by atoms with Crippen LogP contribution in [0.5, 0.6) is 0 Å². The summed E-state index contributed by atoms with van der Waals surface area (Å²) < 4.78 is 27.2. The lowest BCUT2D eigenvalue weighted by Crippen LogP contribution is -2.47. The maximum atomic E-state index is 13.6. The van der Waals surface area contributed by atoms with Crippen molar-refractivity contribution in [1.82, 2.24) is 5.32 Å². The minimum Gasteiger partial charge on any atom is -0.394 e. The van der Waals surface area contributed by atoms with Crippen LogP contribution in [0.4, 0.5) is 8.78 Å². The first kappa shape index (κ1) is 13.1. The molecular formula is C12H17F2NO. The van der Waals surface area contributed by atoms with Crippen LogP contribution in [0.1, 0.15) is 26.3 Å². The van der Waals surface area contributed by atoms with Crippen LogP contribution in [-0.4, -0.2) is 17.8 Å². The molecule has 1 aromatic rings. The molecule has 16 heavy (non-hydrogen) atoms. The maximum absolute atomic E-state index is 13.6. The number of aliphatic hydroxyl groups excluding tert-OH is 1. The summed E-state index contributed by atoms with van der Waals surface area (Å²) in [5.41, 5.74) is -1.23. The molecule has 0 aliphatic rings. The van der Waals surface area contributed by atoms with E-state index in [1.54, 1.807) is 6.92 Å². The summed E-state index contributed by atoms with van der Waals surface area (Å²) in [5.74, 6) is -1.30. The molecule has 0 aliphatic carbocycles. The van der Waals surface area contributed by atoms with Crippen LogP contribution in [-0.2, 0) is 5.54 Å². The predicted molar refractivity (Wildman–Crippen MR) is 59.1 cm³/mol. The number of nitrogens with one attached hydrogen (secondary N) is 1. The summed E-state index contributed by atoms with van der Waals surface area (Å²) in [6, 6.07) is 3.69. The second-order valence-electron chi connectivity index (χ2n) is 4.39. The molecule has 0 bridgehead atoms. The van der Waals surface area contributed by atoms with E-state index in [9.17, 15) is 13.9 Å². The van der Waals surface area contributed by atoms with E-state index in [1.165, 1.54) is 18.2 Å². The van der Waals surface area contributed by atoms with Crippen molar-refractivity contribution in [3.05, 3.63) is 35.4 Å². The molecule has 4 heteroatoms. The van der Waals surface area contributed by atoms with Gasteiger partial charge in [0.1, 0.15) is 11.6 Å². The van der Waals surface area contributed by atoms with Gasteiger partial charge < -0.3 is 10.4 Å². The van der Waals surface area contributed by atoms with Gasteiger partial charge in [0.25, 0.3) is 0 Å². The van der Waals surface area contributed by atoms with Crippen LogP contribution in [0.25, 0.3) is 0 Å². The van der Waals surface area contributed by atoms with Crippen molar-refractivity contribution in [2.75, 3.05) is 6.61 Å². The third-order valence-corrected chi connectivity index (χ3v) is 2.44. The SMILES string of the molecule is CC(C)NC(C)(CO)c1c(F)cccc1F. The highest BCUT2D eigenvalue weighted by Gasteiger charge is 2.32. The van der Waals surface area contributed by atoms with Gasteiger partial charge in [0, 0.05) is 11.6 Å². The van der Waals surface area contributed by atoms with E-state index in [-0.39, 0.29) is 18.2 Å². The minimum atomic E-state index is -1.11. The van der Waals surface area contributed by atoms with Gasteiger partial charge in [-0.05, 0) is 32.9 Å². The first-order valence-corrected chi connectivity index (χ1v) is 5.24. The Balaban J connectivity index is 3.22.